The minimum absolute atomic E-state index is 0.0364. The van der Waals surface area contributed by atoms with Crippen LogP contribution in [-0.2, 0) is 20.7 Å². The molecule has 184 valence electrons. The molecule has 0 aliphatic heterocycles. The fourth-order valence-electron chi connectivity index (χ4n) is 4.09. The topological polar surface area (TPSA) is 93.8 Å². The van der Waals surface area contributed by atoms with Gasteiger partial charge in [-0.25, -0.2) is 13.6 Å². The zero-order valence-electron chi connectivity index (χ0n) is 19.8. The van der Waals surface area contributed by atoms with E-state index in [-0.39, 0.29) is 17.9 Å². The number of ether oxygens (including phenoxy) is 1. The smallest absolute Gasteiger partial charge is 0.328 e. The number of rotatable bonds is 6. The predicted octanol–water partition coefficient (Wildman–Crippen LogP) is 4.11. The molecule has 8 heteroatoms. The van der Waals surface area contributed by atoms with Gasteiger partial charge in [0.05, 0.1) is 12.8 Å². The van der Waals surface area contributed by atoms with Crippen LogP contribution in [-0.4, -0.2) is 37.8 Å². The lowest BCUT2D eigenvalue weighted by Crippen LogP contribution is -2.45. The minimum atomic E-state index is -1.01. The lowest BCUT2D eigenvalue weighted by molar-refractivity contribution is -0.144. The molecule has 0 heterocycles. The summed E-state index contributed by atoms with van der Waals surface area (Å²) >= 11 is 0. The Bertz CT molecular complexity index is 1170. The van der Waals surface area contributed by atoms with Crippen LogP contribution in [0.3, 0.4) is 0 Å². The molecule has 2 aromatic rings. The third-order valence-corrected chi connectivity index (χ3v) is 5.84. The van der Waals surface area contributed by atoms with E-state index in [0.29, 0.717) is 35.3 Å². The second-order valence-corrected chi connectivity index (χ2v) is 8.28. The Labute approximate surface area is 203 Å². The van der Waals surface area contributed by atoms with Crippen molar-refractivity contribution in [1.29, 1.82) is 0 Å². The first-order valence-corrected chi connectivity index (χ1v) is 11.4. The van der Waals surface area contributed by atoms with Crippen molar-refractivity contribution < 1.29 is 23.1 Å². The summed E-state index contributed by atoms with van der Waals surface area (Å²) in [6.07, 6.45) is 4.85. The quantitative estimate of drug-likeness (QED) is 0.369. The Morgan fingerprint density at radius 2 is 1.83 bits per heavy atom. The van der Waals surface area contributed by atoms with Crippen LogP contribution in [0.2, 0.25) is 0 Å². The molecule has 0 spiro atoms. The van der Waals surface area contributed by atoms with Gasteiger partial charge in [-0.1, -0.05) is 24.3 Å². The van der Waals surface area contributed by atoms with E-state index in [2.05, 4.69) is 10.3 Å². The highest BCUT2D eigenvalue weighted by atomic mass is 19.1. The van der Waals surface area contributed by atoms with Gasteiger partial charge in [0, 0.05) is 19.0 Å². The number of nitrogens with zero attached hydrogens (tertiary/aromatic N) is 1. The standard InChI is InChI=1S/C27H29F2N3O3/c1-31-25-19(14-18-6-5-8-21(29)15-18)7-3-4-9-22(25)24(30)26(33)32-23(27(34)35-2)16-17-10-12-20(28)13-11-17/h5-6,8,10-15,23H,3-4,7,9,16,30H2,1-2H3,(H,32,33)/b19-14+,24-22-,31-25?/t23-/m0/s1. The number of halogens is 2. The molecule has 0 bridgehead atoms. The first kappa shape index (κ1) is 25.8. The van der Waals surface area contributed by atoms with Crippen molar-refractivity contribution in [2.75, 3.05) is 14.2 Å². The van der Waals surface area contributed by atoms with Gasteiger partial charge >= 0.3 is 5.97 Å². The van der Waals surface area contributed by atoms with Gasteiger partial charge < -0.3 is 15.8 Å². The Kier molecular flexibility index (Phi) is 8.89. The van der Waals surface area contributed by atoms with Crippen molar-refractivity contribution in [1.82, 2.24) is 5.32 Å². The average molecular weight is 482 g/mol. The van der Waals surface area contributed by atoms with Crippen LogP contribution in [0, 0.1) is 11.6 Å². The maximum atomic E-state index is 13.7. The number of esters is 1. The van der Waals surface area contributed by atoms with Gasteiger partial charge in [0.2, 0.25) is 0 Å². The van der Waals surface area contributed by atoms with Crippen molar-refractivity contribution in [3.8, 4) is 0 Å². The van der Waals surface area contributed by atoms with Crippen molar-refractivity contribution in [3.05, 3.63) is 88.1 Å². The molecule has 6 nitrogen and oxygen atoms in total. The largest absolute Gasteiger partial charge is 0.467 e. The van der Waals surface area contributed by atoms with Crippen LogP contribution in [0.1, 0.15) is 36.8 Å². The molecule has 0 aromatic heterocycles. The Morgan fingerprint density at radius 1 is 1.11 bits per heavy atom. The normalized spacial score (nSPS) is 18.6. The summed E-state index contributed by atoms with van der Waals surface area (Å²) < 4.78 is 31.8. The number of nitrogens with two attached hydrogens (primary N) is 1. The third kappa shape index (κ3) is 6.85. The van der Waals surface area contributed by atoms with Crippen molar-refractivity contribution in [3.63, 3.8) is 0 Å². The zero-order chi connectivity index (χ0) is 25.4. The summed E-state index contributed by atoms with van der Waals surface area (Å²) in [5.74, 6) is -2.00. The van der Waals surface area contributed by atoms with Crippen LogP contribution in [0.4, 0.5) is 8.78 Å². The summed E-state index contributed by atoms with van der Waals surface area (Å²) in [5, 5.41) is 2.65. The molecule has 1 atom stereocenters. The number of hydrogen-bond donors (Lipinski definition) is 2. The maximum absolute atomic E-state index is 13.7. The lowest BCUT2D eigenvalue weighted by Gasteiger charge is -2.19. The number of aliphatic imine (C=N–C) groups is 1. The van der Waals surface area contributed by atoms with Crippen molar-refractivity contribution >= 4 is 23.7 Å². The number of carbonyl (C=O) groups excluding carboxylic acids is 2. The monoisotopic (exact) mass is 481 g/mol. The molecule has 1 amide bonds. The summed E-state index contributed by atoms with van der Waals surface area (Å²) in [5.41, 5.74) is 9.64. The van der Waals surface area contributed by atoms with Gasteiger partial charge in [0.1, 0.15) is 23.4 Å². The van der Waals surface area contributed by atoms with Gasteiger partial charge in [-0.2, -0.15) is 0 Å². The van der Waals surface area contributed by atoms with Gasteiger partial charge in [0.25, 0.3) is 5.91 Å². The molecule has 0 saturated heterocycles. The third-order valence-electron chi connectivity index (χ3n) is 5.84. The second kappa shape index (κ2) is 12.1. The first-order valence-electron chi connectivity index (χ1n) is 11.4. The molecule has 3 N–H and O–H groups in total. The van der Waals surface area contributed by atoms with Gasteiger partial charge in [-0.15, -0.1) is 0 Å². The Balaban J connectivity index is 1.89. The van der Waals surface area contributed by atoms with E-state index < -0.39 is 23.7 Å². The minimum Gasteiger partial charge on any atom is -0.467 e. The molecular weight excluding hydrogens is 452 g/mol. The van der Waals surface area contributed by atoms with E-state index in [1.165, 1.54) is 43.5 Å². The first-order chi connectivity index (χ1) is 16.8. The second-order valence-electron chi connectivity index (χ2n) is 8.28. The molecule has 0 unspecified atom stereocenters. The van der Waals surface area contributed by atoms with Crippen LogP contribution >= 0.6 is 0 Å². The number of amides is 1. The number of benzene rings is 2. The number of nitrogens with one attached hydrogen (secondary N) is 1. The van der Waals surface area contributed by atoms with Gasteiger partial charge in [-0.3, -0.25) is 9.79 Å². The van der Waals surface area contributed by atoms with E-state index in [9.17, 15) is 18.4 Å². The van der Waals surface area contributed by atoms with Crippen LogP contribution in [0.15, 0.2) is 70.4 Å². The van der Waals surface area contributed by atoms with Gasteiger partial charge in [-0.05, 0) is 72.7 Å². The Morgan fingerprint density at radius 3 is 2.49 bits per heavy atom. The summed E-state index contributed by atoms with van der Waals surface area (Å²) in [7, 11) is 2.85. The highest BCUT2D eigenvalue weighted by molar-refractivity contribution is 6.18. The predicted molar refractivity (Wildman–Crippen MR) is 131 cm³/mol. The molecule has 1 saturated carbocycles. The SMILES string of the molecule is CN=C1/C(=C(\N)C(=O)N[C@@H](Cc2ccc(F)cc2)C(=O)OC)CCCC/C1=C\c1cccc(F)c1. The summed E-state index contributed by atoms with van der Waals surface area (Å²) in [4.78, 5) is 29.9. The Hall–Kier alpha value is -3.81. The lowest BCUT2D eigenvalue weighted by atomic mass is 9.96. The molecule has 2 aromatic carbocycles. The van der Waals surface area contributed by atoms with E-state index >= 15 is 0 Å². The molecule has 1 aliphatic carbocycles. The summed E-state index contributed by atoms with van der Waals surface area (Å²) in [6.45, 7) is 0. The highest BCUT2D eigenvalue weighted by Gasteiger charge is 2.26. The number of hydrogen-bond acceptors (Lipinski definition) is 5. The molecule has 0 radical (unpaired) electrons. The van der Waals surface area contributed by atoms with Crippen LogP contribution in [0.5, 0.6) is 0 Å². The molecular formula is C27H29F2N3O3. The maximum Gasteiger partial charge on any atom is 0.328 e. The molecule has 1 aliphatic rings. The number of methoxy groups -OCH3 is 1. The van der Waals surface area contributed by atoms with Crippen LogP contribution in [0.25, 0.3) is 6.08 Å². The fourth-order valence-corrected chi connectivity index (χ4v) is 4.09. The zero-order valence-corrected chi connectivity index (χ0v) is 19.8. The van der Waals surface area contributed by atoms with E-state index in [4.69, 9.17) is 10.5 Å². The fraction of sp³-hybridized carbons (Fsp3) is 0.296. The molecule has 35 heavy (non-hydrogen) atoms. The van der Waals surface area contributed by atoms with E-state index in [1.54, 1.807) is 19.2 Å². The van der Waals surface area contributed by atoms with Gasteiger partial charge in [0.15, 0.2) is 0 Å². The number of allylic oxidation sites excluding steroid dienone is 2. The molecule has 3 rings (SSSR count). The average Bonchev–Trinajstić information content (AvgIpc) is 3.05. The number of carbonyl (C=O) groups is 2. The summed E-state index contributed by atoms with van der Waals surface area (Å²) in [6, 6.07) is 10.9. The van der Waals surface area contributed by atoms with E-state index in [1.807, 2.05) is 6.08 Å². The van der Waals surface area contributed by atoms with Crippen molar-refractivity contribution in [2.45, 2.75) is 38.1 Å². The van der Waals surface area contributed by atoms with E-state index in [0.717, 1.165) is 18.4 Å². The van der Waals surface area contributed by atoms with Crippen LogP contribution < -0.4 is 11.1 Å². The molecule has 1 fully saturated rings. The highest BCUT2D eigenvalue weighted by Crippen LogP contribution is 2.28. The van der Waals surface area contributed by atoms with Crippen molar-refractivity contribution in [2.24, 2.45) is 10.7 Å².